The zero-order valence-corrected chi connectivity index (χ0v) is 11.4. The Morgan fingerprint density at radius 2 is 2.18 bits per heavy atom. The third kappa shape index (κ3) is 2.38. The van der Waals surface area contributed by atoms with Gasteiger partial charge in [-0.2, -0.15) is 0 Å². The van der Waals surface area contributed by atoms with Crippen molar-refractivity contribution in [3.63, 3.8) is 0 Å². The van der Waals surface area contributed by atoms with Gasteiger partial charge in [-0.1, -0.05) is 38.1 Å². The number of fused-ring (bicyclic) bond motifs is 1. The third-order valence-electron chi connectivity index (χ3n) is 3.80. The molecule has 0 saturated heterocycles. The molecule has 2 unspecified atom stereocenters. The highest BCUT2D eigenvalue weighted by atomic mass is 14.9. The lowest BCUT2D eigenvalue weighted by atomic mass is 9.86. The van der Waals surface area contributed by atoms with Crippen molar-refractivity contribution in [3.05, 3.63) is 34.9 Å². The topological polar surface area (TPSA) is 12.0 Å². The van der Waals surface area contributed by atoms with Crippen LogP contribution >= 0.6 is 0 Å². The van der Waals surface area contributed by atoms with Crippen LogP contribution in [0.15, 0.2) is 18.2 Å². The first-order valence-electron chi connectivity index (χ1n) is 6.70. The van der Waals surface area contributed by atoms with E-state index in [4.69, 9.17) is 0 Å². The SMILES string of the molecule is CCC(C)Nc1c(C)ccc2c1C=CCC2C. The summed E-state index contributed by atoms with van der Waals surface area (Å²) in [6.07, 6.45) is 6.91. The molecule has 1 aromatic carbocycles. The third-order valence-corrected chi connectivity index (χ3v) is 3.80. The summed E-state index contributed by atoms with van der Waals surface area (Å²) in [6, 6.07) is 5.07. The monoisotopic (exact) mass is 229 g/mol. The van der Waals surface area contributed by atoms with Crippen LogP contribution in [-0.2, 0) is 0 Å². The molecule has 1 heteroatoms. The van der Waals surface area contributed by atoms with Crippen LogP contribution in [0.5, 0.6) is 0 Å². The minimum absolute atomic E-state index is 0.533. The second-order valence-corrected chi connectivity index (χ2v) is 5.25. The van der Waals surface area contributed by atoms with E-state index in [2.05, 4.69) is 57.3 Å². The molecule has 0 amide bonds. The summed E-state index contributed by atoms with van der Waals surface area (Å²) >= 11 is 0. The van der Waals surface area contributed by atoms with Crippen molar-refractivity contribution in [2.75, 3.05) is 5.32 Å². The summed E-state index contributed by atoms with van der Waals surface area (Å²) in [6.45, 7) is 8.97. The van der Waals surface area contributed by atoms with E-state index in [0.717, 1.165) is 6.42 Å². The zero-order chi connectivity index (χ0) is 12.4. The number of allylic oxidation sites excluding steroid dienone is 1. The van der Waals surface area contributed by atoms with Crippen LogP contribution in [0.1, 0.15) is 56.2 Å². The molecule has 0 heterocycles. The minimum Gasteiger partial charge on any atom is -0.382 e. The van der Waals surface area contributed by atoms with Crippen LogP contribution in [0.2, 0.25) is 0 Å². The van der Waals surface area contributed by atoms with Crippen LogP contribution in [0.4, 0.5) is 5.69 Å². The molecule has 1 nitrogen and oxygen atoms in total. The van der Waals surface area contributed by atoms with Gasteiger partial charge in [0.25, 0.3) is 0 Å². The summed E-state index contributed by atoms with van der Waals surface area (Å²) in [7, 11) is 0. The Labute approximate surface area is 105 Å². The normalized spacial score (nSPS) is 19.9. The van der Waals surface area contributed by atoms with E-state index in [-0.39, 0.29) is 0 Å². The lowest BCUT2D eigenvalue weighted by Crippen LogP contribution is -2.16. The van der Waals surface area contributed by atoms with E-state index in [1.165, 1.54) is 28.8 Å². The van der Waals surface area contributed by atoms with E-state index >= 15 is 0 Å². The highest BCUT2D eigenvalue weighted by Gasteiger charge is 2.17. The maximum absolute atomic E-state index is 3.66. The standard InChI is InChI=1S/C16H23N/c1-5-13(4)17-16-12(3)9-10-14-11(2)7-6-8-15(14)16/h6,8-11,13,17H,5,7H2,1-4H3. The fourth-order valence-corrected chi connectivity index (χ4v) is 2.41. The Hall–Kier alpha value is -1.24. The molecule has 1 aliphatic carbocycles. The number of aryl methyl sites for hydroxylation is 1. The summed E-state index contributed by atoms with van der Waals surface area (Å²) < 4.78 is 0. The van der Waals surface area contributed by atoms with Gasteiger partial charge in [0, 0.05) is 17.3 Å². The van der Waals surface area contributed by atoms with Gasteiger partial charge in [0.05, 0.1) is 0 Å². The Morgan fingerprint density at radius 1 is 1.41 bits per heavy atom. The van der Waals surface area contributed by atoms with Crippen LogP contribution < -0.4 is 5.32 Å². The molecular formula is C16H23N. The van der Waals surface area contributed by atoms with Crippen molar-refractivity contribution < 1.29 is 0 Å². The summed E-state index contributed by atoms with van der Waals surface area (Å²) in [5.41, 5.74) is 5.58. The Bertz CT molecular complexity index is 431. The van der Waals surface area contributed by atoms with Gasteiger partial charge in [-0.05, 0) is 43.7 Å². The molecule has 2 rings (SSSR count). The lowest BCUT2D eigenvalue weighted by molar-refractivity contribution is 0.753. The zero-order valence-electron chi connectivity index (χ0n) is 11.4. The van der Waals surface area contributed by atoms with Crippen molar-refractivity contribution in [2.45, 2.75) is 52.5 Å². The van der Waals surface area contributed by atoms with Gasteiger partial charge in [0.1, 0.15) is 0 Å². The van der Waals surface area contributed by atoms with E-state index < -0.39 is 0 Å². The Kier molecular flexibility index (Phi) is 3.56. The van der Waals surface area contributed by atoms with Crippen molar-refractivity contribution in [2.24, 2.45) is 0 Å². The smallest absolute Gasteiger partial charge is 0.0448 e. The molecule has 0 aliphatic heterocycles. The van der Waals surface area contributed by atoms with E-state index in [1.54, 1.807) is 0 Å². The van der Waals surface area contributed by atoms with Crippen LogP contribution in [-0.4, -0.2) is 6.04 Å². The summed E-state index contributed by atoms with van der Waals surface area (Å²) in [4.78, 5) is 0. The quantitative estimate of drug-likeness (QED) is 0.790. The van der Waals surface area contributed by atoms with Gasteiger partial charge in [-0.15, -0.1) is 0 Å². The average Bonchev–Trinajstić information content (AvgIpc) is 2.33. The lowest BCUT2D eigenvalue weighted by Gasteiger charge is -2.24. The maximum atomic E-state index is 3.66. The molecule has 0 aromatic heterocycles. The van der Waals surface area contributed by atoms with Gasteiger partial charge in [-0.25, -0.2) is 0 Å². The van der Waals surface area contributed by atoms with Gasteiger partial charge >= 0.3 is 0 Å². The molecule has 92 valence electrons. The highest BCUT2D eigenvalue weighted by molar-refractivity contribution is 5.74. The molecule has 0 radical (unpaired) electrons. The second-order valence-electron chi connectivity index (χ2n) is 5.25. The van der Waals surface area contributed by atoms with Crippen LogP contribution in [0.3, 0.4) is 0 Å². The number of benzene rings is 1. The number of hydrogen-bond acceptors (Lipinski definition) is 1. The largest absolute Gasteiger partial charge is 0.382 e. The van der Waals surface area contributed by atoms with Gasteiger partial charge in [0.2, 0.25) is 0 Å². The molecule has 1 N–H and O–H groups in total. The first-order valence-corrected chi connectivity index (χ1v) is 6.70. The average molecular weight is 229 g/mol. The molecule has 0 bridgehead atoms. The van der Waals surface area contributed by atoms with Gasteiger partial charge < -0.3 is 5.32 Å². The number of anilines is 1. The molecule has 0 spiro atoms. The van der Waals surface area contributed by atoms with Gasteiger partial charge in [-0.3, -0.25) is 0 Å². The van der Waals surface area contributed by atoms with Gasteiger partial charge in [0.15, 0.2) is 0 Å². The predicted octanol–water partition coefficient (Wildman–Crippen LogP) is 4.73. The molecule has 2 atom stereocenters. The van der Waals surface area contributed by atoms with Crippen LogP contribution in [0.25, 0.3) is 6.08 Å². The van der Waals surface area contributed by atoms with Crippen molar-refractivity contribution in [3.8, 4) is 0 Å². The van der Waals surface area contributed by atoms with Crippen molar-refractivity contribution in [1.29, 1.82) is 0 Å². The molecular weight excluding hydrogens is 206 g/mol. The van der Waals surface area contributed by atoms with Crippen LogP contribution in [0, 0.1) is 6.92 Å². The fraction of sp³-hybridized carbons (Fsp3) is 0.500. The molecule has 0 fully saturated rings. The van der Waals surface area contributed by atoms with E-state index in [1.807, 2.05) is 0 Å². The number of hydrogen-bond donors (Lipinski definition) is 1. The molecule has 17 heavy (non-hydrogen) atoms. The number of nitrogens with one attached hydrogen (secondary N) is 1. The summed E-state index contributed by atoms with van der Waals surface area (Å²) in [5, 5.41) is 3.66. The van der Waals surface area contributed by atoms with Crippen molar-refractivity contribution in [1.82, 2.24) is 0 Å². The fourth-order valence-electron chi connectivity index (χ4n) is 2.41. The Morgan fingerprint density at radius 3 is 2.88 bits per heavy atom. The predicted molar refractivity (Wildman–Crippen MR) is 76.6 cm³/mol. The van der Waals surface area contributed by atoms with E-state index in [0.29, 0.717) is 12.0 Å². The first kappa shape index (κ1) is 12.2. The van der Waals surface area contributed by atoms with Crippen molar-refractivity contribution >= 4 is 11.8 Å². The number of rotatable bonds is 3. The van der Waals surface area contributed by atoms with E-state index in [9.17, 15) is 0 Å². The maximum Gasteiger partial charge on any atom is 0.0448 e. The Balaban J connectivity index is 2.44. The minimum atomic E-state index is 0.533. The summed E-state index contributed by atoms with van der Waals surface area (Å²) in [5.74, 6) is 0.646. The molecule has 1 aromatic rings. The second kappa shape index (κ2) is 4.95. The molecule has 0 saturated carbocycles. The highest BCUT2D eigenvalue weighted by Crippen LogP contribution is 2.36. The first-order chi connectivity index (χ1) is 8.13. The molecule has 1 aliphatic rings.